The first-order valence-corrected chi connectivity index (χ1v) is 6.05. The molecule has 0 aliphatic rings. The maximum absolute atomic E-state index is 8.95. The van der Waals surface area contributed by atoms with Gasteiger partial charge in [-0.25, -0.2) is 0 Å². The largest absolute Gasteiger partial charge is 0.354 e. The molecule has 3 nitrogen and oxygen atoms in total. The second-order valence-electron chi connectivity index (χ2n) is 4.59. The monoisotopic (exact) mass is 243 g/mol. The van der Waals surface area contributed by atoms with Crippen molar-refractivity contribution >= 4 is 32.7 Å². The number of H-pyrrole nitrogens is 1. The van der Waals surface area contributed by atoms with Crippen LogP contribution in [0.4, 0.5) is 0 Å². The van der Waals surface area contributed by atoms with Crippen molar-refractivity contribution in [2.75, 3.05) is 0 Å². The summed E-state index contributed by atoms with van der Waals surface area (Å²) in [6.45, 7) is 0. The molecule has 0 atom stereocenters. The van der Waals surface area contributed by atoms with Crippen molar-refractivity contribution in [1.29, 1.82) is 5.26 Å². The first kappa shape index (κ1) is 10.1. The molecule has 4 rings (SSSR count). The summed E-state index contributed by atoms with van der Waals surface area (Å²) in [5.41, 5.74) is 3.68. The lowest BCUT2D eigenvalue weighted by Gasteiger charge is -1.97. The third kappa shape index (κ3) is 1.40. The number of nitrogens with one attached hydrogen (secondary N) is 1. The van der Waals surface area contributed by atoms with Crippen molar-refractivity contribution in [3.63, 3.8) is 0 Å². The van der Waals surface area contributed by atoms with E-state index in [9.17, 15) is 0 Å². The molecule has 0 unspecified atom stereocenters. The number of hydrogen-bond donors (Lipinski definition) is 1. The molecule has 0 bridgehead atoms. The summed E-state index contributed by atoms with van der Waals surface area (Å²) >= 11 is 0. The molecule has 1 N–H and O–H groups in total. The van der Waals surface area contributed by atoms with Gasteiger partial charge in [-0.2, -0.15) is 5.26 Å². The van der Waals surface area contributed by atoms with E-state index < -0.39 is 0 Å². The average molecular weight is 243 g/mol. The number of fused-ring (bicyclic) bond motifs is 4. The molecule has 0 saturated heterocycles. The molecule has 3 heteroatoms. The van der Waals surface area contributed by atoms with Crippen LogP contribution in [0.25, 0.3) is 32.7 Å². The van der Waals surface area contributed by atoms with E-state index >= 15 is 0 Å². The number of rotatable bonds is 0. The lowest BCUT2D eigenvalue weighted by molar-refractivity contribution is 1.41. The summed E-state index contributed by atoms with van der Waals surface area (Å²) in [5, 5.41) is 12.4. The summed E-state index contributed by atoms with van der Waals surface area (Å²) in [6.07, 6.45) is 1.80. The van der Waals surface area contributed by atoms with Crippen LogP contribution in [-0.4, -0.2) is 9.97 Å². The molecule has 0 radical (unpaired) electrons. The highest BCUT2D eigenvalue weighted by Gasteiger charge is 2.06. The number of aromatic amines is 1. The Morgan fingerprint density at radius 1 is 1.00 bits per heavy atom. The van der Waals surface area contributed by atoms with Crippen LogP contribution in [0.2, 0.25) is 0 Å². The highest BCUT2D eigenvalue weighted by molar-refractivity contribution is 6.11. The third-order valence-corrected chi connectivity index (χ3v) is 3.45. The summed E-state index contributed by atoms with van der Waals surface area (Å²) in [5.74, 6) is 0. The summed E-state index contributed by atoms with van der Waals surface area (Å²) < 4.78 is 0. The molecular formula is C16H9N3. The van der Waals surface area contributed by atoms with Gasteiger partial charge in [0.05, 0.1) is 17.1 Å². The van der Waals surface area contributed by atoms with Crippen molar-refractivity contribution in [3.05, 3.63) is 54.2 Å². The molecule has 0 saturated carbocycles. The Bertz CT molecular complexity index is 974. The Kier molecular flexibility index (Phi) is 1.89. The minimum atomic E-state index is 0.668. The van der Waals surface area contributed by atoms with Gasteiger partial charge in [0.15, 0.2) is 0 Å². The van der Waals surface area contributed by atoms with Crippen molar-refractivity contribution < 1.29 is 0 Å². The second-order valence-corrected chi connectivity index (χ2v) is 4.59. The SMILES string of the molecule is N#Cc1ccc2c(c1)[nH]c1cc3ncccc3cc12. The van der Waals surface area contributed by atoms with Crippen molar-refractivity contribution in [1.82, 2.24) is 9.97 Å². The van der Waals surface area contributed by atoms with Crippen LogP contribution in [0.5, 0.6) is 0 Å². The van der Waals surface area contributed by atoms with E-state index in [1.807, 2.05) is 24.3 Å². The molecule has 2 heterocycles. The third-order valence-electron chi connectivity index (χ3n) is 3.45. The van der Waals surface area contributed by atoms with Gasteiger partial charge in [-0.05, 0) is 30.3 Å². The topological polar surface area (TPSA) is 52.5 Å². The van der Waals surface area contributed by atoms with Gasteiger partial charge in [0, 0.05) is 33.4 Å². The van der Waals surface area contributed by atoms with Crippen LogP contribution < -0.4 is 0 Å². The highest BCUT2D eigenvalue weighted by Crippen LogP contribution is 2.29. The minimum Gasteiger partial charge on any atom is -0.354 e. The van der Waals surface area contributed by atoms with Gasteiger partial charge in [-0.15, -0.1) is 0 Å². The van der Waals surface area contributed by atoms with Crippen molar-refractivity contribution in [2.24, 2.45) is 0 Å². The Morgan fingerprint density at radius 3 is 2.79 bits per heavy atom. The number of hydrogen-bond acceptors (Lipinski definition) is 2. The summed E-state index contributed by atoms with van der Waals surface area (Å²) in [6, 6.07) is 16.1. The fraction of sp³-hybridized carbons (Fsp3) is 0. The predicted octanol–water partition coefficient (Wildman–Crippen LogP) is 3.74. The molecule has 0 aliphatic carbocycles. The lowest BCUT2D eigenvalue weighted by Crippen LogP contribution is -1.77. The average Bonchev–Trinajstić information content (AvgIpc) is 2.81. The second kappa shape index (κ2) is 3.56. The first-order chi connectivity index (χ1) is 9.35. The van der Waals surface area contributed by atoms with Gasteiger partial charge in [0.1, 0.15) is 0 Å². The zero-order valence-corrected chi connectivity index (χ0v) is 10.0. The molecule has 0 amide bonds. The smallest absolute Gasteiger partial charge is 0.0992 e. The molecule has 4 aromatic rings. The van der Waals surface area contributed by atoms with Crippen LogP contribution in [0, 0.1) is 11.3 Å². The molecule has 0 spiro atoms. The van der Waals surface area contributed by atoms with E-state index in [-0.39, 0.29) is 0 Å². The summed E-state index contributed by atoms with van der Waals surface area (Å²) in [4.78, 5) is 7.72. The number of nitriles is 1. The predicted molar refractivity (Wildman–Crippen MR) is 75.8 cm³/mol. The van der Waals surface area contributed by atoms with Gasteiger partial charge < -0.3 is 4.98 Å². The van der Waals surface area contributed by atoms with E-state index in [0.29, 0.717) is 5.56 Å². The summed E-state index contributed by atoms with van der Waals surface area (Å²) in [7, 11) is 0. The van der Waals surface area contributed by atoms with Gasteiger partial charge in [0.2, 0.25) is 0 Å². The highest BCUT2D eigenvalue weighted by atomic mass is 14.7. The molecule has 2 aromatic heterocycles. The Morgan fingerprint density at radius 2 is 1.89 bits per heavy atom. The number of benzene rings is 2. The quantitative estimate of drug-likeness (QED) is 0.511. The van der Waals surface area contributed by atoms with Crippen molar-refractivity contribution in [3.8, 4) is 6.07 Å². The molecular weight excluding hydrogens is 234 g/mol. The minimum absolute atomic E-state index is 0.668. The maximum Gasteiger partial charge on any atom is 0.0992 e. The van der Waals surface area contributed by atoms with E-state index in [2.05, 4.69) is 34.2 Å². The fourth-order valence-electron chi connectivity index (χ4n) is 2.54. The van der Waals surface area contributed by atoms with E-state index in [4.69, 9.17) is 5.26 Å². The Labute approximate surface area is 109 Å². The van der Waals surface area contributed by atoms with Crippen molar-refractivity contribution in [2.45, 2.75) is 0 Å². The van der Waals surface area contributed by atoms with E-state index in [1.165, 1.54) is 5.39 Å². The maximum atomic E-state index is 8.95. The number of nitrogens with zero attached hydrogens (tertiary/aromatic N) is 2. The number of pyridine rings is 1. The molecule has 88 valence electrons. The lowest BCUT2D eigenvalue weighted by atomic mass is 10.1. The Balaban J connectivity index is 2.19. The van der Waals surface area contributed by atoms with Gasteiger partial charge in [0.25, 0.3) is 0 Å². The van der Waals surface area contributed by atoms with Gasteiger partial charge >= 0.3 is 0 Å². The van der Waals surface area contributed by atoms with Crippen LogP contribution in [0.3, 0.4) is 0 Å². The van der Waals surface area contributed by atoms with Crippen LogP contribution in [0.15, 0.2) is 48.7 Å². The van der Waals surface area contributed by atoms with E-state index in [1.54, 1.807) is 6.20 Å². The zero-order chi connectivity index (χ0) is 12.8. The van der Waals surface area contributed by atoms with Crippen LogP contribution >= 0.6 is 0 Å². The molecule has 0 aliphatic heterocycles. The fourth-order valence-corrected chi connectivity index (χ4v) is 2.54. The molecule has 19 heavy (non-hydrogen) atoms. The number of aromatic nitrogens is 2. The van der Waals surface area contributed by atoms with Crippen LogP contribution in [-0.2, 0) is 0 Å². The molecule has 0 fully saturated rings. The van der Waals surface area contributed by atoms with Gasteiger partial charge in [-0.1, -0.05) is 12.1 Å². The standard InChI is InChI=1S/C16H9N3/c17-9-10-3-4-12-13-7-11-2-1-5-18-14(11)8-16(13)19-15(12)6-10/h1-8,19H. The van der Waals surface area contributed by atoms with Crippen LogP contribution in [0.1, 0.15) is 5.56 Å². The first-order valence-electron chi connectivity index (χ1n) is 6.05. The molecule has 2 aromatic carbocycles. The van der Waals surface area contributed by atoms with E-state index in [0.717, 1.165) is 27.3 Å². The normalized spacial score (nSPS) is 11.1. The Hall–Kier alpha value is -2.86. The van der Waals surface area contributed by atoms with Gasteiger partial charge in [-0.3, -0.25) is 4.98 Å². The zero-order valence-electron chi connectivity index (χ0n) is 10.0.